The number of rotatable bonds is 5. The minimum Gasteiger partial charge on any atom is -0.439 e. The Kier molecular flexibility index (Phi) is 4.45. The highest BCUT2D eigenvalue weighted by Gasteiger charge is 2.05. The Morgan fingerprint density at radius 1 is 1.15 bits per heavy atom. The second kappa shape index (κ2) is 6.28. The number of nitrogens with zero attached hydrogens (tertiary/aromatic N) is 2. The van der Waals surface area contributed by atoms with E-state index in [1.54, 1.807) is 6.07 Å². The normalized spacial score (nSPS) is 10.3. The van der Waals surface area contributed by atoms with Crippen molar-refractivity contribution in [3.8, 4) is 11.6 Å². The van der Waals surface area contributed by atoms with Gasteiger partial charge < -0.3 is 15.4 Å². The van der Waals surface area contributed by atoms with E-state index in [4.69, 9.17) is 10.5 Å². The van der Waals surface area contributed by atoms with Gasteiger partial charge in [0.15, 0.2) is 0 Å². The molecular formula is C16H21N3O. The van der Waals surface area contributed by atoms with E-state index in [0.717, 1.165) is 30.2 Å². The van der Waals surface area contributed by atoms with Crippen molar-refractivity contribution in [1.82, 2.24) is 4.98 Å². The molecule has 0 aliphatic rings. The van der Waals surface area contributed by atoms with Gasteiger partial charge in [-0.3, -0.25) is 0 Å². The number of pyridine rings is 1. The second-order valence-electron chi connectivity index (χ2n) is 4.60. The van der Waals surface area contributed by atoms with Gasteiger partial charge in [0.2, 0.25) is 5.88 Å². The molecule has 0 fully saturated rings. The molecule has 0 spiro atoms. The molecule has 0 aliphatic carbocycles. The Bertz CT molecular complexity index is 580. The number of ether oxygens (including phenoxy) is 1. The lowest BCUT2D eigenvalue weighted by molar-refractivity contribution is 0.462. The molecule has 0 saturated carbocycles. The predicted octanol–water partition coefficient (Wildman–Crippen LogP) is 3.61. The van der Waals surface area contributed by atoms with E-state index in [-0.39, 0.29) is 0 Å². The van der Waals surface area contributed by atoms with Crippen LogP contribution in [0.25, 0.3) is 0 Å². The second-order valence-corrected chi connectivity index (χ2v) is 4.60. The summed E-state index contributed by atoms with van der Waals surface area (Å²) in [7, 11) is 0. The van der Waals surface area contributed by atoms with Crippen molar-refractivity contribution in [2.45, 2.75) is 20.8 Å². The fourth-order valence-corrected chi connectivity index (χ4v) is 2.06. The topological polar surface area (TPSA) is 51.4 Å². The maximum absolute atomic E-state index is 5.80. The summed E-state index contributed by atoms with van der Waals surface area (Å²) in [4.78, 5) is 6.59. The van der Waals surface area contributed by atoms with Crippen LogP contribution in [-0.2, 0) is 0 Å². The maximum Gasteiger partial charge on any atom is 0.219 e. The van der Waals surface area contributed by atoms with Gasteiger partial charge in [0.1, 0.15) is 5.75 Å². The van der Waals surface area contributed by atoms with E-state index in [9.17, 15) is 0 Å². The van der Waals surface area contributed by atoms with Crippen LogP contribution in [-0.4, -0.2) is 18.1 Å². The predicted molar refractivity (Wildman–Crippen MR) is 83.5 cm³/mol. The zero-order chi connectivity index (χ0) is 14.5. The van der Waals surface area contributed by atoms with E-state index in [0.29, 0.717) is 11.6 Å². The molecule has 0 atom stereocenters. The fourth-order valence-electron chi connectivity index (χ4n) is 2.06. The molecule has 0 aliphatic heterocycles. The van der Waals surface area contributed by atoms with Crippen LogP contribution in [0.15, 0.2) is 36.4 Å². The lowest BCUT2D eigenvalue weighted by Crippen LogP contribution is -2.21. The smallest absolute Gasteiger partial charge is 0.219 e. The van der Waals surface area contributed by atoms with Crippen molar-refractivity contribution in [2.24, 2.45) is 0 Å². The average molecular weight is 271 g/mol. The third-order valence-corrected chi connectivity index (χ3v) is 3.27. The number of nitrogens with two attached hydrogens (primary N) is 1. The highest BCUT2D eigenvalue weighted by molar-refractivity contribution is 5.51. The van der Waals surface area contributed by atoms with Crippen LogP contribution >= 0.6 is 0 Å². The first-order valence-corrected chi connectivity index (χ1v) is 6.90. The van der Waals surface area contributed by atoms with E-state index in [1.165, 1.54) is 0 Å². The lowest BCUT2D eigenvalue weighted by atomic mass is 10.2. The van der Waals surface area contributed by atoms with Crippen molar-refractivity contribution in [3.63, 3.8) is 0 Å². The van der Waals surface area contributed by atoms with E-state index in [2.05, 4.69) is 29.8 Å². The Balaban J connectivity index is 2.21. The molecular weight excluding hydrogens is 250 g/mol. The number of hydrogen-bond acceptors (Lipinski definition) is 4. The van der Waals surface area contributed by atoms with Crippen LogP contribution in [0, 0.1) is 6.92 Å². The Labute approximate surface area is 120 Å². The third-order valence-electron chi connectivity index (χ3n) is 3.27. The minimum absolute atomic E-state index is 0.563. The number of aromatic nitrogens is 1. The van der Waals surface area contributed by atoms with E-state index in [1.807, 2.05) is 31.2 Å². The van der Waals surface area contributed by atoms with Crippen LogP contribution in [0.3, 0.4) is 0 Å². The highest BCUT2D eigenvalue weighted by atomic mass is 16.5. The van der Waals surface area contributed by atoms with Gasteiger partial charge in [0, 0.05) is 30.9 Å². The van der Waals surface area contributed by atoms with Gasteiger partial charge in [0.05, 0.1) is 11.4 Å². The van der Waals surface area contributed by atoms with Gasteiger partial charge in [0.25, 0.3) is 0 Å². The molecule has 4 heteroatoms. The molecule has 0 amide bonds. The number of aryl methyl sites for hydroxylation is 1. The Hall–Kier alpha value is -2.23. The van der Waals surface area contributed by atoms with Gasteiger partial charge in [-0.15, -0.1) is 0 Å². The summed E-state index contributed by atoms with van der Waals surface area (Å²) < 4.78 is 5.80. The molecule has 0 unspecified atom stereocenters. The number of anilines is 2. The molecule has 20 heavy (non-hydrogen) atoms. The van der Waals surface area contributed by atoms with Crippen LogP contribution in [0.5, 0.6) is 11.6 Å². The Morgan fingerprint density at radius 2 is 1.90 bits per heavy atom. The number of nitrogen functional groups attached to an aromatic ring is 1. The Morgan fingerprint density at radius 3 is 2.55 bits per heavy atom. The van der Waals surface area contributed by atoms with Crippen LogP contribution in [0.4, 0.5) is 11.4 Å². The van der Waals surface area contributed by atoms with Crippen LogP contribution < -0.4 is 15.4 Å². The third kappa shape index (κ3) is 3.20. The largest absolute Gasteiger partial charge is 0.439 e. The summed E-state index contributed by atoms with van der Waals surface area (Å²) in [6.45, 7) is 8.09. The quantitative estimate of drug-likeness (QED) is 0.902. The van der Waals surface area contributed by atoms with Crippen LogP contribution in [0.1, 0.15) is 19.5 Å². The monoisotopic (exact) mass is 271 g/mol. The summed E-state index contributed by atoms with van der Waals surface area (Å²) in [6.07, 6.45) is 0. The molecule has 4 nitrogen and oxygen atoms in total. The molecule has 1 heterocycles. The fraction of sp³-hybridized carbons (Fsp3) is 0.312. The summed E-state index contributed by atoms with van der Waals surface area (Å²) in [5.74, 6) is 1.35. The number of hydrogen-bond donors (Lipinski definition) is 1. The first-order valence-electron chi connectivity index (χ1n) is 6.90. The minimum atomic E-state index is 0.563. The molecule has 0 radical (unpaired) electrons. The van der Waals surface area contributed by atoms with Crippen molar-refractivity contribution < 1.29 is 4.74 Å². The SMILES string of the molecule is CCN(CC)c1cccc(Oc2ccc(N)c(C)n2)c1. The first kappa shape index (κ1) is 14.2. The molecule has 106 valence electrons. The van der Waals surface area contributed by atoms with Crippen LogP contribution in [0.2, 0.25) is 0 Å². The average Bonchev–Trinajstić information content (AvgIpc) is 2.45. The van der Waals surface area contributed by atoms with Crippen molar-refractivity contribution >= 4 is 11.4 Å². The van der Waals surface area contributed by atoms with Gasteiger partial charge in [-0.25, -0.2) is 4.98 Å². The summed E-state index contributed by atoms with van der Waals surface area (Å²) in [6, 6.07) is 11.6. The van der Waals surface area contributed by atoms with Gasteiger partial charge >= 0.3 is 0 Å². The van der Waals surface area contributed by atoms with Gasteiger partial charge in [-0.2, -0.15) is 0 Å². The molecule has 1 aromatic heterocycles. The lowest BCUT2D eigenvalue weighted by Gasteiger charge is -2.21. The maximum atomic E-state index is 5.80. The standard InChI is InChI=1S/C16H21N3O/c1-4-19(5-2)13-7-6-8-14(11-13)20-16-10-9-15(17)12(3)18-16/h6-11H,4-5,17H2,1-3H3. The highest BCUT2D eigenvalue weighted by Crippen LogP contribution is 2.25. The molecule has 2 rings (SSSR count). The molecule has 1 aromatic carbocycles. The van der Waals surface area contributed by atoms with Crippen molar-refractivity contribution in [3.05, 3.63) is 42.1 Å². The summed E-state index contributed by atoms with van der Waals surface area (Å²) >= 11 is 0. The number of benzene rings is 1. The van der Waals surface area contributed by atoms with Crippen molar-refractivity contribution in [1.29, 1.82) is 0 Å². The summed E-state index contributed by atoms with van der Waals surface area (Å²) in [5.41, 5.74) is 8.36. The summed E-state index contributed by atoms with van der Waals surface area (Å²) in [5, 5.41) is 0. The first-order chi connectivity index (χ1) is 9.63. The van der Waals surface area contributed by atoms with E-state index >= 15 is 0 Å². The van der Waals surface area contributed by atoms with Crippen molar-refractivity contribution in [2.75, 3.05) is 23.7 Å². The van der Waals surface area contributed by atoms with Gasteiger partial charge in [-0.05, 0) is 39.0 Å². The van der Waals surface area contributed by atoms with E-state index < -0.39 is 0 Å². The molecule has 2 N–H and O–H groups in total. The molecule has 0 bridgehead atoms. The molecule has 0 saturated heterocycles. The zero-order valence-corrected chi connectivity index (χ0v) is 12.3. The van der Waals surface area contributed by atoms with Gasteiger partial charge in [-0.1, -0.05) is 6.07 Å². The zero-order valence-electron chi connectivity index (χ0n) is 12.3. The molecule has 2 aromatic rings.